The number of benzene rings is 1. The zero-order chi connectivity index (χ0) is 14.7. The lowest BCUT2D eigenvalue weighted by atomic mass is 9.91. The Labute approximate surface area is 123 Å². The molecule has 0 saturated heterocycles. The van der Waals surface area contributed by atoms with Gasteiger partial charge in [0, 0.05) is 18.2 Å². The molecule has 1 aromatic carbocycles. The zero-order valence-electron chi connectivity index (χ0n) is 11.5. The van der Waals surface area contributed by atoms with Crippen LogP contribution in [-0.4, -0.2) is 25.1 Å². The van der Waals surface area contributed by atoms with Gasteiger partial charge in [-0.1, -0.05) is 11.6 Å². The Balaban J connectivity index is 2.11. The number of nitrogens with one attached hydrogen (secondary N) is 1. The van der Waals surface area contributed by atoms with Gasteiger partial charge >= 0.3 is 0 Å². The first-order valence-electron chi connectivity index (χ1n) is 6.70. The Bertz CT molecular complexity index is 499. The Kier molecular flexibility index (Phi) is 4.73. The van der Waals surface area contributed by atoms with Crippen LogP contribution in [0.25, 0.3) is 0 Å². The summed E-state index contributed by atoms with van der Waals surface area (Å²) in [6.45, 7) is 0. The van der Waals surface area contributed by atoms with Crippen LogP contribution in [0.3, 0.4) is 0 Å². The monoisotopic (exact) mass is 297 g/mol. The summed E-state index contributed by atoms with van der Waals surface area (Å²) in [4.78, 5) is 12.3. The topological polar surface area (TPSA) is 90.4 Å². The highest BCUT2D eigenvalue weighted by molar-refractivity contribution is 6.33. The van der Waals surface area contributed by atoms with Crippen molar-refractivity contribution in [3.05, 3.63) is 22.7 Å². The van der Waals surface area contributed by atoms with Crippen molar-refractivity contribution >= 4 is 23.2 Å². The third kappa shape index (κ3) is 3.35. The number of carbonyl (C=O) groups is 1. The summed E-state index contributed by atoms with van der Waals surface area (Å²) in [5.74, 6) is 0.237. The largest absolute Gasteiger partial charge is 0.496 e. The summed E-state index contributed by atoms with van der Waals surface area (Å²) in [7, 11) is 1.50. The van der Waals surface area contributed by atoms with E-state index in [0.717, 1.165) is 25.7 Å². The van der Waals surface area contributed by atoms with Crippen molar-refractivity contribution in [2.24, 2.45) is 5.73 Å². The molecule has 20 heavy (non-hydrogen) atoms. The number of nitrogens with two attached hydrogens (primary N) is 2. The van der Waals surface area contributed by atoms with Crippen LogP contribution in [0.15, 0.2) is 12.1 Å². The SMILES string of the molecule is COc1cc(N)c(Cl)cc1C(=O)NC1CCC(N)CC1. The second-order valence-corrected chi connectivity index (χ2v) is 5.57. The Morgan fingerprint density at radius 3 is 2.60 bits per heavy atom. The molecule has 1 fully saturated rings. The molecule has 0 unspecified atom stereocenters. The molecule has 5 nitrogen and oxygen atoms in total. The fourth-order valence-electron chi connectivity index (χ4n) is 2.44. The first-order valence-corrected chi connectivity index (χ1v) is 7.08. The van der Waals surface area contributed by atoms with E-state index in [0.29, 0.717) is 22.0 Å². The number of amides is 1. The van der Waals surface area contributed by atoms with Crippen LogP contribution in [-0.2, 0) is 0 Å². The van der Waals surface area contributed by atoms with Gasteiger partial charge in [0.15, 0.2) is 0 Å². The molecular weight excluding hydrogens is 278 g/mol. The number of halogens is 1. The minimum absolute atomic E-state index is 0.156. The van der Waals surface area contributed by atoms with Gasteiger partial charge in [-0.3, -0.25) is 4.79 Å². The molecule has 1 aromatic rings. The zero-order valence-corrected chi connectivity index (χ0v) is 12.2. The second-order valence-electron chi connectivity index (χ2n) is 5.16. The fourth-order valence-corrected chi connectivity index (χ4v) is 2.61. The first-order chi connectivity index (χ1) is 9.51. The molecule has 0 radical (unpaired) electrons. The van der Waals surface area contributed by atoms with E-state index in [4.69, 9.17) is 27.8 Å². The lowest BCUT2D eigenvalue weighted by Crippen LogP contribution is -2.40. The van der Waals surface area contributed by atoms with E-state index in [9.17, 15) is 4.79 Å². The smallest absolute Gasteiger partial charge is 0.255 e. The fraction of sp³-hybridized carbons (Fsp3) is 0.500. The molecule has 0 heterocycles. The molecule has 6 heteroatoms. The van der Waals surface area contributed by atoms with Crippen LogP contribution in [0, 0.1) is 0 Å². The van der Waals surface area contributed by atoms with E-state index in [1.807, 2.05) is 0 Å². The molecule has 0 atom stereocenters. The minimum Gasteiger partial charge on any atom is -0.496 e. The van der Waals surface area contributed by atoms with Crippen LogP contribution >= 0.6 is 11.6 Å². The van der Waals surface area contributed by atoms with Crippen molar-refractivity contribution in [2.75, 3.05) is 12.8 Å². The highest BCUT2D eigenvalue weighted by atomic mass is 35.5. The Hall–Kier alpha value is -1.46. The van der Waals surface area contributed by atoms with E-state index < -0.39 is 0 Å². The van der Waals surface area contributed by atoms with Gasteiger partial charge in [0.25, 0.3) is 5.91 Å². The number of nitrogen functional groups attached to an aromatic ring is 1. The van der Waals surface area contributed by atoms with Crippen molar-refractivity contribution in [2.45, 2.75) is 37.8 Å². The number of ether oxygens (including phenoxy) is 1. The molecule has 0 aliphatic heterocycles. The van der Waals surface area contributed by atoms with E-state index in [1.165, 1.54) is 7.11 Å². The van der Waals surface area contributed by atoms with Crippen molar-refractivity contribution in [1.29, 1.82) is 0 Å². The molecule has 0 spiro atoms. The third-order valence-electron chi connectivity index (χ3n) is 3.67. The highest BCUT2D eigenvalue weighted by Crippen LogP contribution is 2.29. The van der Waals surface area contributed by atoms with E-state index in [2.05, 4.69) is 5.32 Å². The maximum absolute atomic E-state index is 12.3. The highest BCUT2D eigenvalue weighted by Gasteiger charge is 2.22. The maximum Gasteiger partial charge on any atom is 0.255 e. The van der Waals surface area contributed by atoms with Gasteiger partial charge in [0.1, 0.15) is 5.75 Å². The average Bonchev–Trinajstić information content (AvgIpc) is 2.43. The van der Waals surface area contributed by atoms with Gasteiger partial charge in [-0.2, -0.15) is 0 Å². The Morgan fingerprint density at radius 2 is 2.00 bits per heavy atom. The third-order valence-corrected chi connectivity index (χ3v) is 4.00. The number of methoxy groups -OCH3 is 1. The molecule has 0 aromatic heterocycles. The lowest BCUT2D eigenvalue weighted by molar-refractivity contribution is 0.0923. The number of anilines is 1. The molecule has 1 aliphatic rings. The summed E-state index contributed by atoms with van der Waals surface area (Å²) in [5, 5.41) is 3.35. The van der Waals surface area contributed by atoms with Crippen LogP contribution in [0.5, 0.6) is 5.75 Å². The van der Waals surface area contributed by atoms with Gasteiger partial charge in [-0.15, -0.1) is 0 Å². The van der Waals surface area contributed by atoms with Gasteiger partial charge in [-0.25, -0.2) is 0 Å². The van der Waals surface area contributed by atoms with Gasteiger partial charge in [0.05, 0.1) is 23.4 Å². The van der Waals surface area contributed by atoms with Gasteiger partial charge in [0.2, 0.25) is 0 Å². The van der Waals surface area contributed by atoms with Crippen molar-refractivity contribution in [3.63, 3.8) is 0 Å². The van der Waals surface area contributed by atoms with Gasteiger partial charge in [-0.05, 0) is 31.7 Å². The summed E-state index contributed by atoms with van der Waals surface area (Å²) >= 11 is 5.97. The molecule has 1 saturated carbocycles. The number of hydrogen-bond acceptors (Lipinski definition) is 4. The molecule has 1 amide bonds. The predicted molar refractivity (Wildman–Crippen MR) is 80.1 cm³/mol. The molecule has 110 valence electrons. The van der Waals surface area contributed by atoms with Crippen molar-refractivity contribution in [1.82, 2.24) is 5.32 Å². The van der Waals surface area contributed by atoms with E-state index >= 15 is 0 Å². The quantitative estimate of drug-likeness (QED) is 0.744. The average molecular weight is 298 g/mol. The van der Waals surface area contributed by atoms with Crippen LogP contribution in [0.1, 0.15) is 36.0 Å². The molecule has 1 aliphatic carbocycles. The Morgan fingerprint density at radius 1 is 1.35 bits per heavy atom. The summed E-state index contributed by atoms with van der Waals surface area (Å²) in [6.07, 6.45) is 3.67. The molecular formula is C14H20ClN3O2. The van der Waals surface area contributed by atoms with Crippen LogP contribution < -0.4 is 21.5 Å². The normalized spacial score (nSPS) is 22.4. The summed E-state index contributed by atoms with van der Waals surface area (Å²) in [6, 6.07) is 3.51. The number of carbonyl (C=O) groups excluding carboxylic acids is 1. The minimum atomic E-state index is -0.191. The maximum atomic E-state index is 12.3. The van der Waals surface area contributed by atoms with Gasteiger partial charge < -0.3 is 21.5 Å². The predicted octanol–water partition coefficient (Wildman–Crippen LogP) is 1.93. The van der Waals surface area contributed by atoms with Crippen molar-refractivity contribution in [3.8, 4) is 5.75 Å². The second kappa shape index (κ2) is 6.33. The van der Waals surface area contributed by atoms with E-state index in [-0.39, 0.29) is 18.0 Å². The standard InChI is InChI=1S/C14H20ClN3O2/c1-20-13-7-12(17)11(15)6-10(13)14(19)18-9-4-2-8(16)3-5-9/h6-9H,2-5,16-17H2,1H3,(H,18,19). The summed E-state index contributed by atoms with van der Waals surface area (Å²) < 4.78 is 5.19. The lowest BCUT2D eigenvalue weighted by Gasteiger charge is -2.27. The molecule has 5 N–H and O–H groups in total. The van der Waals surface area contributed by atoms with Crippen molar-refractivity contribution < 1.29 is 9.53 Å². The summed E-state index contributed by atoms with van der Waals surface area (Å²) in [5.41, 5.74) is 12.4. The molecule has 0 bridgehead atoms. The first kappa shape index (κ1) is 14.9. The van der Waals surface area contributed by atoms with Crippen LogP contribution in [0.4, 0.5) is 5.69 Å². The van der Waals surface area contributed by atoms with Crippen LogP contribution in [0.2, 0.25) is 5.02 Å². The number of hydrogen-bond donors (Lipinski definition) is 3. The van der Waals surface area contributed by atoms with E-state index in [1.54, 1.807) is 12.1 Å². The number of rotatable bonds is 3. The molecule has 2 rings (SSSR count).